The Morgan fingerprint density at radius 2 is 1.61 bits per heavy atom. The van der Waals surface area contributed by atoms with Crippen LogP contribution >= 0.6 is 0 Å². The van der Waals surface area contributed by atoms with Gasteiger partial charge in [-0.25, -0.2) is 0 Å². The van der Waals surface area contributed by atoms with Gasteiger partial charge in [0.15, 0.2) is 0 Å². The van der Waals surface area contributed by atoms with E-state index in [2.05, 4.69) is 18.3 Å². The summed E-state index contributed by atoms with van der Waals surface area (Å²) in [5.74, 6) is 1.74. The number of methoxy groups -OCH3 is 3. The first-order chi connectivity index (χ1) is 11.2. The SMILES string of the molecule is COc1ccc([C@@H](OC)[C@@H](C)NCc2ccccc2OC)cc1. The van der Waals surface area contributed by atoms with Crippen molar-refractivity contribution in [1.82, 2.24) is 5.32 Å². The summed E-state index contributed by atoms with van der Waals surface area (Å²) in [4.78, 5) is 0. The molecule has 124 valence electrons. The van der Waals surface area contributed by atoms with Crippen molar-refractivity contribution in [1.29, 1.82) is 0 Å². The average Bonchev–Trinajstić information content (AvgIpc) is 2.61. The lowest BCUT2D eigenvalue weighted by molar-refractivity contribution is 0.0728. The van der Waals surface area contributed by atoms with Gasteiger partial charge in [0.2, 0.25) is 0 Å². The molecule has 0 heterocycles. The van der Waals surface area contributed by atoms with Gasteiger partial charge in [0.05, 0.1) is 20.3 Å². The van der Waals surface area contributed by atoms with E-state index in [0.717, 1.165) is 29.2 Å². The van der Waals surface area contributed by atoms with Crippen LogP contribution in [0.2, 0.25) is 0 Å². The van der Waals surface area contributed by atoms with Crippen LogP contribution in [-0.2, 0) is 11.3 Å². The van der Waals surface area contributed by atoms with Crippen molar-refractivity contribution >= 4 is 0 Å². The predicted octanol–water partition coefficient (Wildman–Crippen LogP) is 3.57. The van der Waals surface area contributed by atoms with Gasteiger partial charge < -0.3 is 19.5 Å². The predicted molar refractivity (Wildman–Crippen MR) is 92.0 cm³/mol. The molecule has 0 bridgehead atoms. The van der Waals surface area contributed by atoms with Crippen molar-refractivity contribution in [3.05, 3.63) is 59.7 Å². The first-order valence-corrected chi connectivity index (χ1v) is 7.71. The maximum atomic E-state index is 5.68. The Hall–Kier alpha value is -2.04. The largest absolute Gasteiger partial charge is 0.497 e. The molecule has 0 saturated carbocycles. The number of ether oxygens (including phenoxy) is 3. The molecular formula is C19H25NO3. The second-order valence-corrected chi connectivity index (χ2v) is 5.41. The van der Waals surface area contributed by atoms with Gasteiger partial charge in [-0.3, -0.25) is 0 Å². The molecule has 23 heavy (non-hydrogen) atoms. The molecule has 4 nitrogen and oxygen atoms in total. The van der Waals surface area contributed by atoms with Crippen molar-refractivity contribution in [2.45, 2.75) is 25.6 Å². The third-order valence-electron chi connectivity index (χ3n) is 3.96. The summed E-state index contributed by atoms with van der Waals surface area (Å²) in [6.45, 7) is 2.84. The summed E-state index contributed by atoms with van der Waals surface area (Å²) in [6.07, 6.45) is -0.0318. The van der Waals surface area contributed by atoms with Crippen LogP contribution in [-0.4, -0.2) is 27.4 Å². The van der Waals surface area contributed by atoms with Crippen LogP contribution in [0.15, 0.2) is 48.5 Å². The zero-order chi connectivity index (χ0) is 16.7. The highest BCUT2D eigenvalue weighted by Gasteiger charge is 2.19. The fraction of sp³-hybridized carbons (Fsp3) is 0.368. The Kier molecular flexibility index (Phi) is 6.44. The highest BCUT2D eigenvalue weighted by molar-refractivity contribution is 5.33. The van der Waals surface area contributed by atoms with E-state index in [4.69, 9.17) is 14.2 Å². The molecule has 0 fully saturated rings. The van der Waals surface area contributed by atoms with Gasteiger partial charge in [-0.05, 0) is 30.7 Å². The molecule has 2 aromatic rings. The summed E-state index contributed by atoms with van der Waals surface area (Å²) in [7, 11) is 5.09. The minimum absolute atomic E-state index is 0.0318. The fourth-order valence-corrected chi connectivity index (χ4v) is 2.65. The lowest BCUT2D eigenvalue weighted by atomic mass is 10.0. The molecule has 0 aromatic heterocycles. The van der Waals surface area contributed by atoms with Gasteiger partial charge in [0.1, 0.15) is 11.5 Å². The van der Waals surface area contributed by atoms with Crippen molar-refractivity contribution < 1.29 is 14.2 Å². The Bertz CT molecular complexity index is 598. The van der Waals surface area contributed by atoms with Gasteiger partial charge in [0.25, 0.3) is 0 Å². The van der Waals surface area contributed by atoms with Crippen LogP contribution < -0.4 is 14.8 Å². The molecule has 0 spiro atoms. The number of hydrogen-bond acceptors (Lipinski definition) is 4. The Morgan fingerprint density at radius 3 is 2.22 bits per heavy atom. The Balaban J connectivity index is 2.03. The van der Waals surface area contributed by atoms with E-state index in [0.29, 0.717) is 0 Å². The molecule has 0 aliphatic rings. The van der Waals surface area contributed by atoms with Gasteiger partial charge in [-0.1, -0.05) is 30.3 Å². The second kappa shape index (κ2) is 8.56. The molecule has 2 aromatic carbocycles. The standard InChI is InChI=1S/C19H25NO3/c1-14(20-13-16-7-5-6-8-18(16)22-3)19(23-4)15-9-11-17(21-2)12-10-15/h5-12,14,19-20H,13H2,1-4H3/t14-,19+/m1/s1. The van der Waals surface area contributed by atoms with E-state index in [1.54, 1.807) is 21.3 Å². The fourth-order valence-electron chi connectivity index (χ4n) is 2.65. The average molecular weight is 315 g/mol. The Labute approximate surface area is 138 Å². The number of benzene rings is 2. The normalized spacial score (nSPS) is 13.4. The highest BCUT2D eigenvalue weighted by atomic mass is 16.5. The van der Waals surface area contributed by atoms with E-state index in [1.807, 2.05) is 42.5 Å². The number of rotatable bonds is 8. The van der Waals surface area contributed by atoms with E-state index < -0.39 is 0 Å². The van der Waals surface area contributed by atoms with Gasteiger partial charge in [0, 0.05) is 25.3 Å². The smallest absolute Gasteiger partial charge is 0.123 e. The van der Waals surface area contributed by atoms with Crippen molar-refractivity contribution in [3.63, 3.8) is 0 Å². The molecule has 0 aliphatic carbocycles. The van der Waals surface area contributed by atoms with E-state index in [1.165, 1.54) is 0 Å². The zero-order valence-electron chi connectivity index (χ0n) is 14.2. The third-order valence-corrected chi connectivity index (χ3v) is 3.96. The first-order valence-electron chi connectivity index (χ1n) is 7.71. The molecule has 1 N–H and O–H groups in total. The molecular weight excluding hydrogens is 290 g/mol. The number of nitrogens with one attached hydrogen (secondary N) is 1. The third kappa shape index (κ3) is 4.47. The van der Waals surface area contributed by atoms with Gasteiger partial charge >= 0.3 is 0 Å². The summed E-state index contributed by atoms with van der Waals surface area (Å²) in [5.41, 5.74) is 2.25. The molecule has 0 unspecified atom stereocenters. The van der Waals surface area contributed by atoms with Crippen LogP contribution in [0.5, 0.6) is 11.5 Å². The van der Waals surface area contributed by atoms with Gasteiger partial charge in [-0.15, -0.1) is 0 Å². The number of hydrogen-bond donors (Lipinski definition) is 1. The molecule has 0 saturated heterocycles. The molecule has 0 radical (unpaired) electrons. The van der Waals surface area contributed by atoms with Crippen molar-refractivity contribution in [3.8, 4) is 11.5 Å². The summed E-state index contributed by atoms with van der Waals surface area (Å²) >= 11 is 0. The lowest BCUT2D eigenvalue weighted by Crippen LogP contribution is -2.32. The van der Waals surface area contributed by atoms with Crippen LogP contribution in [0.3, 0.4) is 0 Å². The minimum atomic E-state index is -0.0318. The van der Waals surface area contributed by atoms with Crippen LogP contribution in [0.1, 0.15) is 24.2 Å². The summed E-state index contributed by atoms with van der Waals surface area (Å²) in [6, 6.07) is 16.2. The van der Waals surface area contributed by atoms with Gasteiger partial charge in [-0.2, -0.15) is 0 Å². The van der Waals surface area contributed by atoms with E-state index in [-0.39, 0.29) is 12.1 Å². The molecule has 2 rings (SSSR count). The molecule has 4 heteroatoms. The second-order valence-electron chi connectivity index (χ2n) is 5.41. The summed E-state index contributed by atoms with van der Waals surface area (Å²) < 4.78 is 16.3. The molecule has 2 atom stereocenters. The van der Waals surface area contributed by atoms with E-state index >= 15 is 0 Å². The lowest BCUT2D eigenvalue weighted by Gasteiger charge is -2.25. The van der Waals surface area contributed by atoms with Crippen molar-refractivity contribution in [2.24, 2.45) is 0 Å². The topological polar surface area (TPSA) is 39.7 Å². The Morgan fingerprint density at radius 1 is 0.913 bits per heavy atom. The van der Waals surface area contributed by atoms with Crippen LogP contribution in [0, 0.1) is 0 Å². The van der Waals surface area contributed by atoms with Crippen molar-refractivity contribution in [2.75, 3.05) is 21.3 Å². The summed E-state index contributed by atoms with van der Waals surface area (Å²) in [5, 5.41) is 3.52. The van der Waals surface area contributed by atoms with Crippen LogP contribution in [0.25, 0.3) is 0 Å². The zero-order valence-corrected chi connectivity index (χ0v) is 14.2. The molecule has 0 aliphatic heterocycles. The monoisotopic (exact) mass is 315 g/mol. The first kappa shape index (κ1) is 17.3. The quantitative estimate of drug-likeness (QED) is 0.808. The number of para-hydroxylation sites is 1. The maximum absolute atomic E-state index is 5.68. The van der Waals surface area contributed by atoms with Crippen LogP contribution in [0.4, 0.5) is 0 Å². The minimum Gasteiger partial charge on any atom is -0.497 e. The maximum Gasteiger partial charge on any atom is 0.123 e. The van der Waals surface area contributed by atoms with E-state index in [9.17, 15) is 0 Å². The molecule has 0 amide bonds. The highest BCUT2D eigenvalue weighted by Crippen LogP contribution is 2.24.